The first-order valence-corrected chi connectivity index (χ1v) is 10.2. The van der Waals surface area contributed by atoms with Crippen molar-refractivity contribution in [2.45, 2.75) is 70.4 Å². The summed E-state index contributed by atoms with van der Waals surface area (Å²) < 4.78 is 10.6. The molecule has 0 unspecified atom stereocenters. The van der Waals surface area contributed by atoms with Crippen LogP contribution >= 0.6 is 0 Å². The molecule has 30 heavy (non-hydrogen) atoms. The van der Waals surface area contributed by atoms with E-state index in [4.69, 9.17) is 9.47 Å². The minimum atomic E-state index is -0.636. The van der Waals surface area contributed by atoms with Crippen molar-refractivity contribution in [2.75, 3.05) is 13.7 Å². The highest BCUT2D eigenvalue weighted by atomic mass is 16.6. The quantitative estimate of drug-likeness (QED) is 0.408. The summed E-state index contributed by atoms with van der Waals surface area (Å²) in [6, 6.07) is 3.87. The predicted molar refractivity (Wildman–Crippen MR) is 112 cm³/mol. The van der Waals surface area contributed by atoms with E-state index >= 15 is 0 Å². The van der Waals surface area contributed by atoms with Crippen LogP contribution in [0.25, 0.3) is 0 Å². The third-order valence-electron chi connectivity index (χ3n) is 5.05. The number of benzene rings is 1. The van der Waals surface area contributed by atoms with Crippen LogP contribution in [0.4, 0.5) is 10.5 Å². The fourth-order valence-electron chi connectivity index (χ4n) is 3.60. The fourth-order valence-corrected chi connectivity index (χ4v) is 3.60. The molecule has 1 aromatic rings. The van der Waals surface area contributed by atoms with Crippen molar-refractivity contribution in [3.05, 3.63) is 33.9 Å². The molecule has 0 radical (unpaired) electrons. The summed E-state index contributed by atoms with van der Waals surface area (Å²) in [4.78, 5) is 35.8. The number of ether oxygens (including phenoxy) is 2. The van der Waals surface area contributed by atoms with E-state index in [0.29, 0.717) is 12.8 Å². The third-order valence-corrected chi connectivity index (χ3v) is 5.05. The highest BCUT2D eigenvalue weighted by Gasteiger charge is 2.35. The Bertz CT molecular complexity index is 779. The van der Waals surface area contributed by atoms with Crippen LogP contribution in [-0.2, 0) is 4.74 Å². The number of hydrogen-bond acceptors (Lipinski definition) is 6. The van der Waals surface area contributed by atoms with Crippen molar-refractivity contribution < 1.29 is 24.0 Å². The lowest BCUT2D eigenvalue weighted by Crippen LogP contribution is -2.56. The van der Waals surface area contributed by atoms with Crippen LogP contribution in [0.5, 0.6) is 5.75 Å². The molecule has 0 spiro atoms. The summed E-state index contributed by atoms with van der Waals surface area (Å²) in [6.45, 7) is 5.57. The van der Waals surface area contributed by atoms with Gasteiger partial charge in [0.15, 0.2) is 0 Å². The topological polar surface area (TPSA) is 120 Å². The number of nitro groups is 1. The van der Waals surface area contributed by atoms with E-state index in [0.717, 1.165) is 25.7 Å². The Balaban J connectivity index is 2.18. The van der Waals surface area contributed by atoms with Gasteiger partial charge in [0.2, 0.25) is 0 Å². The molecule has 1 saturated carbocycles. The molecular weight excluding hydrogens is 390 g/mol. The van der Waals surface area contributed by atoms with Gasteiger partial charge in [-0.3, -0.25) is 14.9 Å². The summed E-state index contributed by atoms with van der Waals surface area (Å²) in [5, 5.41) is 16.9. The molecule has 0 aliphatic heterocycles. The van der Waals surface area contributed by atoms with Crippen LogP contribution in [-0.4, -0.2) is 41.7 Å². The molecule has 1 aliphatic carbocycles. The number of alkyl carbamates (subject to hydrolysis) is 1. The second kappa shape index (κ2) is 9.77. The van der Waals surface area contributed by atoms with Crippen molar-refractivity contribution in [1.82, 2.24) is 10.6 Å². The third kappa shape index (κ3) is 6.60. The lowest BCUT2D eigenvalue weighted by atomic mass is 9.90. The summed E-state index contributed by atoms with van der Waals surface area (Å²) in [5.74, 6) is -0.252. The van der Waals surface area contributed by atoms with Gasteiger partial charge in [0.05, 0.1) is 23.1 Å². The van der Waals surface area contributed by atoms with Crippen LogP contribution in [0.1, 0.15) is 69.7 Å². The molecule has 0 aromatic heterocycles. The molecular formula is C21H31N3O6. The van der Waals surface area contributed by atoms with E-state index in [-0.39, 0.29) is 23.5 Å². The van der Waals surface area contributed by atoms with Gasteiger partial charge >= 0.3 is 6.09 Å². The molecule has 0 saturated heterocycles. The number of rotatable bonds is 6. The Labute approximate surface area is 176 Å². The van der Waals surface area contributed by atoms with Crippen LogP contribution in [0, 0.1) is 10.1 Å². The number of nitrogens with one attached hydrogen (secondary N) is 2. The molecule has 0 heterocycles. The van der Waals surface area contributed by atoms with Gasteiger partial charge in [-0.15, -0.1) is 0 Å². The van der Waals surface area contributed by atoms with Gasteiger partial charge in [-0.2, -0.15) is 0 Å². The van der Waals surface area contributed by atoms with Crippen LogP contribution in [0.2, 0.25) is 0 Å². The molecule has 2 N–H and O–H groups in total. The average Bonchev–Trinajstić information content (AvgIpc) is 2.89. The number of carbonyl (C=O) groups is 2. The van der Waals surface area contributed by atoms with Crippen LogP contribution in [0.3, 0.4) is 0 Å². The van der Waals surface area contributed by atoms with E-state index in [9.17, 15) is 19.7 Å². The summed E-state index contributed by atoms with van der Waals surface area (Å²) in [7, 11) is 1.40. The number of nitro benzene ring substituents is 1. The van der Waals surface area contributed by atoms with Crippen molar-refractivity contribution in [3.63, 3.8) is 0 Å². The zero-order valence-electron chi connectivity index (χ0n) is 18.1. The van der Waals surface area contributed by atoms with E-state index in [2.05, 4.69) is 10.6 Å². The van der Waals surface area contributed by atoms with Crippen LogP contribution < -0.4 is 15.4 Å². The van der Waals surface area contributed by atoms with Gasteiger partial charge in [0.1, 0.15) is 11.4 Å². The van der Waals surface area contributed by atoms with Crippen LogP contribution in [0.15, 0.2) is 18.2 Å². The molecule has 9 heteroatoms. The fraction of sp³-hybridized carbons (Fsp3) is 0.619. The van der Waals surface area contributed by atoms with Gasteiger partial charge in [-0.25, -0.2) is 4.79 Å². The number of non-ortho nitro benzene ring substituents is 1. The molecule has 2 rings (SSSR count). The van der Waals surface area contributed by atoms with E-state index < -0.39 is 28.1 Å². The predicted octanol–water partition coefficient (Wildman–Crippen LogP) is 3.95. The second-order valence-electron chi connectivity index (χ2n) is 8.65. The van der Waals surface area contributed by atoms with Crippen molar-refractivity contribution in [2.24, 2.45) is 0 Å². The first kappa shape index (κ1) is 23.4. The Kier molecular flexibility index (Phi) is 7.64. The number of methoxy groups -OCH3 is 1. The second-order valence-corrected chi connectivity index (χ2v) is 8.65. The van der Waals surface area contributed by atoms with Gasteiger partial charge < -0.3 is 20.1 Å². The SMILES string of the molecule is COc1ccc([N+](=O)[O-])cc1C(=O)NCC1(NC(=O)OC(C)(C)C)CCCCCC1. The lowest BCUT2D eigenvalue weighted by Gasteiger charge is -2.35. The molecule has 166 valence electrons. The number of hydrogen-bond donors (Lipinski definition) is 2. The Morgan fingerprint density at radius 3 is 2.33 bits per heavy atom. The van der Waals surface area contributed by atoms with E-state index in [1.807, 2.05) is 0 Å². The molecule has 1 aromatic carbocycles. The maximum Gasteiger partial charge on any atom is 0.408 e. The number of carbonyl (C=O) groups excluding carboxylic acids is 2. The Morgan fingerprint density at radius 1 is 1.17 bits per heavy atom. The molecule has 0 atom stereocenters. The molecule has 1 fully saturated rings. The average molecular weight is 421 g/mol. The summed E-state index contributed by atoms with van der Waals surface area (Å²) >= 11 is 0. The van der Waals surface area contributed by atoms with Crippen molar-refractivity contribution >= 4 is 17.7 Å². The molecule has 1 aliphatic rings. The maximum absolute atomic E-state index is 12.8. The van der Waals surface area contributed by atoms with E-state index in [1.54, 1.807) is 20.8 Å². The first-order valence-electron chi connectivity index (χ1n) is 10.2. The molecule has 2 amide bonds. The largest absolute Gasteiger partial charge is 0.496 e. The minimum Gasteiger partial charge on any atom is -0.496 e. The highest BCUT2D eigenvalue weighted by Crippen LogP contribution is 2.28. The zero-order valence-corrected chi connectivity index (χ0v) is 18.1. The summed E-state index contributed by atoms with van der Waals surface area (Å²) in [5.41, 5.74) is -1.39. The maximum atomic E-state index is 12.8. The monoisotopic (exact) mass is 421 g/mol. The number of nitrogens with zero attached hydrogens (tertiary/aromatic N) is 1. The first-order chi connectivity index (χ1) is 14.1. The normalized spacial score (nSPS) is 16.1. The Morgan fingerprint density at radius 2 is 1.80 bits per heavy atom. The highest BCUT2D eigenvalue weighted by molar-refractivity contribution is 5.97. The Hall–Kier alpha value is -2.84. The molecule has 0 bridgehead atoms. The van der Waals surface area contributed by atoms with Gasteiger partial charge in [-0.05, 0) is 39.7 Å². The standard InChI is InChI=1S/C21H31N3O6/c1-20(2,3)30-19(26)23-21(11-7-5-6-8-12-21)14-22-18(25)16-13-15(24(27)28)9-10-17(16)29-4/h9-10,13H,5-8,11-12,14H2,1-4H3,(H,22,25)(H,23,26). The zero-order chi connectivity index (χ0) is 22.4. The lowest BCUT2D eigenvalue weighted by molar-refractivity contribution is -0.384. The van der Waals surface area contributed by atoms with Crippen molar-refractivity contribution in [1.29, 1.82) is 0 Å². The van der Waals surface area contributed by atoms with Gasteiger partial charge in [0.25, 0.3) is 11.6 Å². The van der Waals surface area contributed by atoms with E-state index in [1.165, 1.54) is 25.3 Å². The summed E-state index contributed by atoms with van der Waals surface area (Å²) in [6.07, 6.45) is 4.86. The van der Waals surface area contributed by atoms with Gasteiger partial charge in [0, 0.05) is 18.7 Å². The van der Waals surface area contributed by atoms with Crippen molar-refractivity contribution in [3.8, 4) is 5.75 Å². The number of amides is 2. The molecule has 9 nitrogen and oxygen atoms in total. The smallest absolute Gasteiger partial charge is 0.408 e. The van der Waals surface area contributed by atoms with Gasteiger partial charge in [-0.1, -0.05) is 25.7 Å². The minimum absolute atomic E-state index is 0.0766.